The first-order valence-electron chi connectivity index (χ1n) is 10.8. The number of benzene rings is 1. The fourth-order valence-corrected chi connectivity index (χ4v) is 4.63. The Kier molecular flexibility index (Phi) is 5.44. The number of hydrogen-bond donors (Lipinski definition) is 0. The highest BCUT2D eigenvalue weighted by Gasteiger charge is 2.39. The van der Waals surface area contributed by atoms with Crippen molar-refractivity contribution in [2.75, 3.05) is 0 Å². The fourth-order valence-electron chi connectivity index (χ4n) is 4.63. The van der Waals surface area contributed by atoms with E-state index in [1.165, 1.54) is 22.9 Å². The van der Waals surface area contributed by atoms with E-state index in [1.54, 1.807) is 18.3 Å². The van der Waals surface area contributed by atoms with Crippen LogP contribution in [0.2, 0.25) is 0 Å². The molecule has 4 nitrogen and oxygen atoms in total. The molecule has 1 aliphatic carbocycles. The number of aromatic nitrogens is 4. The molecule has 1 aliphatic rings. The summed E-state index contributed by atoms with van der Waals surface area (Å²) in [6.07, 6.45) is 6.18. The summed E-state index contributed by atoms with van der Waals surface area (Å²) in [4.78, 5) is 8.01. The van der Waals surface area contributed by atoms with Crippen LogP contribution in [0.25, 0.3) is 16.9 Å². The van der Waals surface area contributed by atoms with Crippen LogP contribution in [0.5, 0.6) is 0 Å². The maximum absolute atomic E-state index is 14.3. The first-order chi connectivity index (χ1) is 16.0. The monoisotopic (exact) mass is 452 g/mol. The van der Waals surface area contributed by atoms with Crippen molar-refractivity contribution in [2.24, 2.45) is 0 Å². The van der Waals surface area contributed by atoms with E-state index in [1.807, 2.05) is 12.1 Å². The van der Waals surface area contributed by atoms with E-state index in [2.05, 4.69) is 10.1 Å². The van der Waals surface area contributed by atoms with Crippen molar-refractivity contribution >= 4 is 0 Å². The van der Waals surface area contributed by atoms with Gasteiger partial charge in [-0.1, -0.05) is 25.3 Å². The second-order valence-electron chi connectivity index (χ2n) is 8.26. The van der Waals surface area contributed by atoms with Crippen LogP contribution in [0.1, 0.15) is 43.5 Å². The summed E-state index contributed by atoms with van der Waals surface area (Å²) >= 11 is 0. The zero-order valence-corrected chi connectivity index (χ0v) is 17.6. The first-order valence-corrected chi connectivity index (χ1v) is 10.8. The highest BCUT2D eigenvalue weighted by molar-refractivity contribution is 5.59. The zero-order chi connectivity index (χ0) is 23.0. The molecule has 3 aromatic heterocycles. The Labute approximate surface area is 187 Å². The van der Waals surface area contributed by atoms with Crippen molar-refractivity contribution in [1.29, 1.82) is 0 Å². The van der Waals surface area contributed by atoms with Gasteiger partial charge in [0.05, 0.1) is 28.1 Å². The van der Waals surface area contributed by atoms with Crippen LogP contribution in [-0.4, -0.2) is 19.7 Å². The van der Waals surface area contributed by atoms with Crippen LogP contribution in [0, 0.1) is 23.5 Å². The minimum atomic E-state index is -0.923. The topological polar surface area (TPSA) is 43.6 Å². The number of nitrogens with zero attached hydrogens (tertiary/aromatic N) is 4. The van der Waals surface area contributed by atoms with Crippen molar-refractivity contribution in [3.8, 4) is 16.9 Å². The lowest BCUT2D eigenvalue weighted by molar-refractivity contribution is 0.330. The number of pyridine rings is 2. The Bertz CT molecular complexity index is 1310. The molecule has 3 heterocycles. The Hall–Kier alpha value is -3.55. The minimum absolute atomic E-state index is 0.114. The average Bonchev–Trinajstić information content (AvgIpc) is 3.30. The maximum atomic E-state index is 14.3. The summed E-state index contributed by atoms with van der Waals surface area (Å²) < 4.78 is 56.7. The molecule has 0 saturated heterocycles. The second kappa shape index (κ2) is 8.42. The maximum Gasteiger partial charge on any atom is 0.224 e. The summed E-state index contributed by atoms with van der Waals surface area (Å²) in [5, 5.41) is 4.65. The van der Waals surface area contributed by atoms with Gasteiger partial charge in [0.25, 0.3) is 0 Å². The predicted molar refractivity (Wildman–Crippen MR) is 115 cm³/mol. The molecule has 1 fully saturated rings. The SMILES string of the molecule is Fc1ccc(-n2ccc(C3(c4cccc(-c5ccc(F)nc5F)n4)CCCCC3)n2)c(F)c1. The smallest absolute Gasteiger partial charge is 0.224 e. The molecule has 0 spiro atoms. The highest BCUT2D eigenvalue weighted by Crippen LogP contribution is 2.44. The zero-order valence-electron chi connectivity index (χ0n) is 17.6. The van der Waals surface area contributed by atoms with Gasteiger partial charge in [-0.3, -0.25) is 4.98 Å². The number of rotatable bonds is 4. The molecule has 0 aliphatic heterocycles. The van der Waals surface area contributed by atoms with E-state index in [4.69, 9.17) is 4.98 Å². The van der Waals surface area contributed by atoms with Gasteiger partial charge >= 0.3 is 0 Å². The molecule has 0 amide bonds. The van der Waals surface area contributed by atoms with E-state index in [0.717, 1.165) is 44.2 Å². The lowest BCUT2D eigenvalue weighted by Gasteiger charge is -2.35. The van der Waals surface area contributed by atoms with Gasteiger partial charge in [-0.25, -0.2) is 13.5 Å². The second-order valence-corrected chi connectivity index (χ2v) is 8.26. The molecule has 0 radical (unpaired) electrons. The molecule has 33 heavy (non-hydrogen) atoms. The van der Waals surface area contributed by atoms with Crippen molar-refractivity contribution < 1.29 is 17.6 Å². The third kappa shape index (κ3) is 3.90. The van der Waals surface area contributed by atoms with Gasteiger partial charge in [0.2, 0.25) is 11.9 Å². The van der Waals surface area contributed by atoms with E-state index in [9.17, 15) is 17.6 Å². The summed E-state index contributed by atoms with van der Waals surface area (Å²) in [5.41, 5.74) is 1.51. The van der Waals surface area contributed by atoms with Gasteiger partial charge in [0, 0.05) is 12.3 Å². The lowest BCUT2D eigenvalue weighted by Crippen LogP contribution is -2.32. The summed E-state index contributed by atoms with van der Waals surface area (Å²) in [7, 11) is 0. The number of halogens is 4. The van der Waals surface area contributed by atoms with Gasteiger partial charge in [-0.05, 0) is 55.3 Å². The Morgan fingerprint density at radius 1 is 0.788 bits per heavy atom. The van der Waals surface area contributed by atoms with Gasteiger partial charge in [-0.15, -0.1) is 0 Å². The highest BCUT2D eigenvalue weighted by atomic mass is 19.1. The summed E-state index contributed by atoms with van der Waals surface area (Å²) in [6.45, 7) is 0. The van der Waals surface area contributed by atoms with Crippen LogP contribution < -0.4 is 0 Å². The third-order valence-corrected chi connectivity index (χ3v) is 6.27. The van der Waals surface area contributed by atoms with Crippen molar-refractivity contribution in [3.63, 3.8) is 0 Å². The van der Waals surface area contributed by atoms with Crippen molar-refractivity contribution in [2.45, 2.75) is 37.5 Å². The number of hydrogen-bond acceptors (Lipinski definition) is 3. The molecule has 0 atom stereocenters. The Morgan fingerprint density at radius 2 is 1.61 bits per heavy atom. The minimum Gasteiger partial charge on any atom is -0.252 e. The first kappa shape index (κ1) is 21.3. The van der Waals surface area contributed by atoms with Gasteiger partial charge in [-0.2, -0.15) is 18.9 Å². The van der Waals surface area contributed by atoms with Crippen LogP contribution in [0.15, 0.2) is 60.8 Å². The van der Waals surface area contributed by atoms with E-state index < -0.39 is 28.9 Å². The van der Waals surface area contributed by atoms with Crippen LogP contribution in [0.4, 0.5) is 17.6 Å². The van der Waals surface area contributed by atoms with Gasteiger partial charge < -0.3 is 0 Å². The molecule has 5 rings (SSSR count). The molecule has 1 saturated carbocycles. The molecule has 0 bridgehead atoms. The van der Waals surface area contributed by atoms with Crippen LogP contribution in [-0.2, 0) is 5.41 Å². The van der Waals surface area contributed by atoms with Crippen LogP contribution >= 0.6 is 0 Å². The Balaban J connectivity index is 1.59. The van der Waals surface area contributed by atoms with Gasteiger partial charge in [0.1, 0.15) is 11.5 Å². The standard InChI is InChI=1S/C25H20F4N4/c26-16-7-9-20(18(27)15-16)33-14-11-22(32-33)25(12-2-1-3-13-25)21-6-4-5-19(30-21)17-8-10-23(28)31-24(17)29/h4-11,14-15H,1-3,12-13H2. The normalized spacial score (nSPS) is 15.5. The Morgan fingerprint density at radius 3 is 2.36 bits per heavy atom. The van der Waals surface area contributed by atoms with Crippen molar-refractivity contribution in [3.05, 3.63) is 95.7 Å². The molecule has 8 heteroatoms. The average molecular weight is 452 g/mol. The molecular formula is C25H20F4N4. The summed E-state index contributed by atoms with van der Waals surface area (Å²) in [5.74, 6) is -3.18. The van der Waals surface area contributed by atoms with Crippen LogP contribution in [0.3, 0.4) is 0 Å². The molecule has 4 aromatic rings. The third-order valence-electron chi connectivity index (χ3n) is 6.27. The molecule has 168 valence electrons. The molecule has 0 unspecified atom stereocenters. The van der Waals surface area contributed by atoms with E-state index in [-0.39, 0.29) is 11.3 Å². The molecule has 0 N–H and O–H groups in total. The quantitative estimate of drug-likeness (QED) is 0.276. The molecule has 1 aromatic carbocycles. The largest absolute Gasteiger partial charge is 0.252 e. The van der Waals surface area contributed by atoms with Gasteiger partial charge in [0.15, 0.2) is 5.82 Å². The summed E-state index contributed by atoms with van der Waals surface area (Å²) in [6, 6.07) is 12.9. The van der Waals surface area contributed by atoms with Crippen molar-refractivity contribution in [1.82, 2.24) is 19.7 Å². The fraction of sp³-hybridized carbons (Fsp3) is 0.240. The lowest BCUT2D eigenvalue weighted by atomic mass is 9.69. The van der Waals surface area contributed by atoms with E-state index >= 15 is 0 Å². The van der Waals surface area contributed by atoms with E-state index in [0.29, 0.717) is 17.1 Å². The predicted octanol–water partition coefficient (Wildman–Crippen LogP) is 6.14. The molecular weight excluding hydrogens is 432 g/mol.